The van der Waals surface area contributed by atoms with Crippen molar-refractivity contribution in [1.82, 2.24) is 19.9 Å². The number of methoxy groups -OCH3 is 2. The van der Waals surface area contributed by atoms with Crippen molar-refractivity contribution in [3.63, 3.8) is 0 Å². The Balaban J connectivity index is 1.56. The molecule has 0 unspecified atom stereocenters. The Kier molecular flexibility index (Phi) is 8.26. The molecule has 46 heavy (non-hydrogen) atoms. The van der Waals surface area contributed by atoms with Gasteiger partial charge in [-0.3, -0.25) is 0 Å². The lowest BCUT2D eigenvalue weighted by atomic mass is 10.0. The molecule has 0 atom stereocenters. The van der Waals surface area contributed by atoms with E-state index >= 15 is 0 Å². The van der Waals surface area contributed by atoms with E-state index in [1.165, 1.54) is 24.8 Å². The molecule has 2 N–H and O–H groups in total. The molecule has 0 amide bonds. The van der Waals surface area contributed by atoms with Crippen molar-refractivity contribution in [3.05, 3.63) is 107 Å². The summed E-state index contributed by atoms with van der Waals surface area (Å²) in [5, 5.41) is 0. The summed E-state index contributed by atoms with van der Waals surface area (Å²) in [6, 6.07) is 27.0. The smallest absolute Gasteiger partial charge is 0.119 e. The molecule has 6 nitrogen and oxygen atoms in total. The molecule has 6 heteroatoms. The highest BCUT2D eigenvalue weighted by Crippen LogP contribution is 2.35. The molecule has 5 aromatic rings. The Morgan fingerprint density at radius 1 is 0.587 bits per heavy atom. The van der Waals surface area contributed by atoms with Crippen LogP contribution in [0.5, 0.6) is 11.5 Å². The molecule has 2 aliphatic heterocycles. The summed E-state index contributed by atoms with van der Waals surface area (Å²) < 4.78 is 11.2. The number of aromatic amines is 2. The van der Waals surface area contributed by atoms with E-state index in [2.05, 4.69) is 95.8 Å². The van der Waals surface area contributed by atoms with Gasteiger partial charge < -0.3 is 19.4 Å². The zero-order chi connectivity index (χ0) is 31.5. The summed E-state index contributed by atoms with van der Waals surface area (Å²) in [5.41, 5.74) is 13.1. The van der Waals surface area contributed by atoms with Crippen LogP contribution in [-0.2, 0) is 6.42 Å². The minimum absolute atomic E-state index is 0.806. The minimum Gasteiger partial charge on any atom is -0.497 e. The lowest BCUT2D eigenvalue weighted by molar-refractivity contribution is 0.415. The van der Waals surface area contributed by atoms with Crippen molar-refractivity contribution in [2.24, 2.45) is 0 Å². The number of rotatable bonds is 9. The lowest BCUT2D eigenvalue weighted by Crippen LogP contribution is -1.93. The fourth-order valence-electron chi connectivity index (χ4n) is 6.35. The molecule has 0 radical (unpaired) electrons. The summed E-state index contributed by atoms with van der Waals surface area (Å²) >= 11 is 0. The van der Waals surface area contributed by atoms with E-state index in [0.29, 0.717) is 0 Å². The van der Waals surface area contributed by atoms with Crippen LogP contribution in [0.1, 0.15) is 60.9 Å². The van der Waals surface area contributed by atoms with Gasteiger partial charge in [0, 0.05) is 38.8 Å². The van der Waals surface area contributed by atoms with Gasteiger partial charge in [-0.25, -0.2) is 9.97 Å². The van der Waals surface area contributed by atoms with Crippen LogP contribution in [0.25, 0.3) is 68.6 Å². The van der Waals surface area contributed by atoms with Gasteiger partial charge in [0.2, 0.25) is 0 Å². The van der Waals surface area contributed by atoms with Crippen LogP contribution in [0.2, 0.25) is 0 Å². The average Bonchev–Trinajstić information content (AvgIpc) is 3.92. The number of unbranched alkanes of at least 4 members (excludes halogenated alkanes) is 3. The normalized spacial score (nSPS) is 12.1. The Bertz CT molecular complexity index is 2090. The first kappa shape index (κ1) is 29.4. The molecule has 230 valence electrons. The highest BCUT2D eigenvalue weighted by Gasteiger charge is 2.16. The molecule has 2 aromatic carbocycles. The Morgan fingerprint density at radius 2 is 1.22 bits per heavy atom. The van der Waals surface area contributed by atoms with Gasteiger partial charge in [0.05, 0.1) is 37.0 Å². The average molecular weight is 607 g/mol. The number of ether oxygens (including phenoxy) is 2. The second-order valence-corrected chi connectivity index (χ2v) is 11.7. The Morgan fingerprint density at radius 3 is 1.93 bits per heavy atom. The second-order valence-electron chi connectivity index (χ2n) is 11.7. The van der Waals surface area contributed by atoms with Crippen molar-refractivity contribution >= 4 is 46.4 Å². The zero-order valence-corrected chi connectivity index (χ0v) is 26.6. The molecule has 0 spiro atoms. The number of aryl methyl sites for hydroxylation is 1. The molecule has 8 bridgehead atoms. The molecule has 0 saturated heterocycles. The van der Waals surface area contributed by atoms with Gasteiger partial charge in [0.1, 0.15) is 11.5 Å². The largest absolute Gasteiger partial charge is 0.497 e. The van der Waals surface area contributed by atoms with Crippen molar-refractivity contribution in [2.75, 3.05) is 14.2 Å². The van der Waals surface area contributed by atoms with Crippen LogP contribution >= 0.6 is 0 Å². The van der Waals surface area contributed by atoms with Crippen LogP contribution in [0, 0.1) is 0 Å². The highest BCUT2D eigenvalue weighted by molar-refractivity contribution is 5.94. The molecule has 0 aliphatic carbocycles. The van der Waals surface area contributed by atoms with Gasteiger partial charge in [-0.15, -0.1) is 0 Å². The van der Waals surface area contributed by atoms with E-state index < -0.39 is 0 Å². The molecular formula is C40H38N4O2. The van der Waals surface area contributed by atoms with E-state index in [0.717, 1.165) is 91.4 Å². The third-order valence-corrected chi connectivity index (χ3v) is 8.68. The van der Waals surface area contributed by atoms with Crippen LogP contribution < -0.4 is 9.47 Å². The number of H-pyrrole nitrogens is 2. The first-order valence-corrected chi connectivity index (χ1v) is 16.0. The van der Waals surface area contributed by atoms with Crippen LogP contribution in [-0.4, -0.2) is 34.2 Å². The number of nitrogens with zero attached hydrogens (tertiary/aromatic N) is 2. The lowest BCUT2D eigenvalue weighted by Gasteiger charge is -2.07. The van der Waals surface area contributed by atoms with Gasteiger partial charge in [0.15, 0.2) is 0 Å². The quantitative estimate of drug-likeness (QED) is 0.160. The SMILES string of the molecule is CCCCCCc1c2nc(c(-c3cccc(OC)c3)c3ccc(cc4nc(c(-c5cccc(OC)c5)c5ccc1[nH]5)C=C4)[nH]3)C=C2. The molecule has 5 heterocycles. The fourth-order valence-corrected chi connectivity index (χ4v) is 6.35. The monoisotopic (exact) mass is 606 g/mol. The van der Waals surface area contributed by atoms with E-state index in [-0.39, 0.29) is 0 Å². The first-order chi connectivity index (χ1) is 22.6. The summed E-state index contributed by atoms with van der Waals surface area (Å²) in [4.78, 5) is 17.9. The fraction of sp³-hybridized carbons (Fsp3) is 0.200. The third kappa shape index (κ3) is 5.86. The second kappa shape index (κ2) is 12.9. The number of hydrogen-bond acceptors (Lipinski definition) is 4. The van der Waals surface area contributed by atoms with Crippen LogP contribution in [0.3, 0.4) is 0 Å². The number of hydrogen-bond donors (Lipinski definition) is 2. The third-order valence-electron chi connectivity index (χ3n) is 8.68. The minimum atomic E-state index is 0.806. The first-order valence-electron chi connectivity index (χ1n) is 16.0. The van der Waals surface area contributed by atoms with E-state index in [1.54, 1.807) is 14.2 Å². The maximum Gasteiger partial charge on any atom is 0.119 e. The molecule has 2 aliphatic rings. The predicted octanol–water partition coefficient (Wildman–Crippen LogP) is 10.1. The Hall–Kier alpha value is -5.36. The number of benzene rings is 2. The summed E-state index contributed by atoms with van der Waals surface area (Å²) in [5.74, 6) is 1.61. The van der Waals surface area contributed by atoms with Gasteiger partial charge in [-0.1, -0.05) is 50.5 Å². The van der Waals surface area contributed by atoms with Gasteiger partial charge in [0.25, 0.3) is 0 Å². The molecular weight excluding hydrogens is 568 g/mol. The zero-order valence-electron chi connectivity index (χ0n) is 26.6. The number of fused-ring (bicyclic) bond motifs is 8. The topological polar surface area (TPSA) is 75.8 Å². The Labute approximate surface area is 269 Å². The maximum atomic E-state index is 5.60. The predicted molar refractivity (Wildman–Crippen MR) is 191 cm³/mol. The number of nitrogens with one attached hydrogen (secondary N) is 2. The maximum absolute atomic E-state index is 5.60. The number of aromatic nitrogens is 4. The van der Waals surface area contributed by atoms with Crippen LogP contribution in [0.15, 0.2) is 78.9 Å². The van der Waals surface area contributed by atoms with E-state index in [4.69, 9.17) is 19.4 Å². The highest BCUT2D eigenvalue weighted by atomic mass is 16.5. The molecule has 3 aromatic heterocycles. The van der Waals surface area contributed by atoms with E-state index in [9.17, 15) is 0 Å². The van der Waals surface area contributed by atoms with E-state index in [1.807, 2.05) is 24.3 Å². The van der Waals surface area contributed by atoms with Gasteiger partial charge in [-0.2, -0.15) is 0 Å². The summed E-state index contributed by atoms with van der Waals surface area (Å²) in [6.07, 6.45) is 14.1. The molecule has 0 saturated carbocycles. The van der Waals surface area contributed by atoms with Gasteiger partial charge >= 0.3 is 0 Å². The van der Waals surface area contributed by atoms with Crippen molar-refractivity contribution in [3.8, 4) is 33.8 Å². The molecule has 7 rings (SSSR count). The van der Waals surface area contributed by atoms with Crippen molar-refractivity contribution in [1.29, 1.82) is 0 Å². The standard InChI is InChI=1S/C40H38N4O2/c1-4-5-6-7-14-32-33-19-21-37(43-33)39(26-10-8-12-30(23-26)45-2)35-17-15-28(41-35)25-29-16-18-36(42-29)40(38-22-20-34(32)44-38)27-11-9-13-31(24-27)46-3/h8-13,15-25,41,44H,4-7,14H2,1-3H3. The van der Waals surface area contributed by atoms with Crippen molar-refractivity contribution < 1.29 is 9.47 Å². The van der Waals surface area contributed by atoms with Crippen LogP contribution in [0.4, 0.5) is 0 Å². The van der Waals surface area contributed by atoms with Gasteiger partial charge in [-0.05, 0) is 103 Å². The summed E-state index contributed by atoms with van der Waals surface area (Å²) in [6.45, 7) is 2.25. The molecule has 0 fully saturated rings. The van der Waals surface area contributed by atoms with Crippen molar-refractivity contribution in [2.45, 2.75) is 39.0 Å². The summed E-state index contributed by atoms with van der Waals surface area (Å²) in [7, 11) is 3.40.